The van der Waals surface area contributed by atoms with E-state index in [9.17, 15) is 4.79 Å². The van der Waals surface area contributed by atoms with E-state index in [2.05, 4.69) is 20.3 Å². The van der Waals surface area contributed by atoms with Crippen LogP contribution < -0.4 is 0 Å². The Hall–Kier alpha value is -1.98. The number of carbonyl (C=O) groups excluding carboxylic acids is 1. The molecule has 0 radical (unpaired) electrons. The molecule has 16 heavy (non-hydrogen) atoms. The molecule has 1 N–H and O–H groups in total. The summed E-state index contributed by atoms with van der Waals surface area (Å²) in [5, 5.41) is 10.9. The molecule has 0 saturated carbocycles. The first kappa shape index (κ1) is 10.5. The molecular formula is C10H13N5O. The Morgan fingerprint density at radius 1 is 1.56 bits per heavy atom. The van der Waals surface area contributed by atoms with E-state index in [1.807, 2.05) is 20.0 Å². The Kier molecular flexibility index (Phi) is 2.80. The van der Waals surface area contributed by atoms with Gasteiger partial charge < -0.3 is 0 Å². The quantitative estimate of drug-likeness (QED) is 0.822. The molecule has 0 aliphatic heterocycles. The summed E-state index contributed by atoms with van der Waals surface area (Å²) in [4.78, 5) is 15.5. The van der Waals surface area contributed by atoms with E-state index in [4.69, 9.17) is 0 Å². The molecule has 0 saturated heterocycles. The van der Waals surface area contributed by atoms with E-state index in [0.717, 1.165) is 5.69 Å². The van der Waals surface area contributed by atoms with Crippen LogP contribution in [0.3, 0.4) is 0 Å². The van der Waals surface area contributed by atoms with Crippen LogP contribution in [0.4, 0.5) is 0 Å². The lowest BCUT2D eigenvalue weighted by atomic mass is 10.2. The van der Waals surface area contributed by atoms with E-state index in [1.54, 1.807) is 10.9 Å². The molecule has 2 heterocycles. The molecule has 6 heteroatoms. The fraction of sp³-hybridized carbons (Fsp3) is 0.400. The summed E-state index contributed by atoms with van der Waals surface area (Å²) in [5.74, 6) is 1.31. The predicted molar refractivity (Wildman–Crippen MR) is 57.6 cm³/mol. The molecule has 0 fully saturated rings. The summed E-state index contributed by atoms with van der Waals surface area (Å²) in [5.41, 5.74) is 0.825. The Morgan fingerprint density at radius 2 is 2.38 bits per heavy atom. The van der Waals surface area contributed by atoms with Crippen molar-refractivity contribution in [2.24, 2.45) is 7.05 Å². The highest BCUT2D eigenvalue weighted by atomic mass is 16.1. The third-order valence-corrected chi connectivity index (χ3v) is 2.34. The predicted octanol–water partition coefficient (Wildman–Crippen LogP) is 0.727. The second-order valence-electron chi connectivity index (χ2n) is 3.51. The number of hydrogen-bond acceptors (Lipinski definition) is 4. The number of aromatic amines is 1. The van der Waals surface area contributed by atoms with Crippen molar-refractivity contribution in [3.8, 4) is 11.5 Å². The number of aromatic nitrogens is 5. The minimum absolute atomic E-state index is 0.146. The molecule has 6 nitrogen and oxygen atoms in total. The number of hydrogen-bond donors (Lipinski definition) is 1. The zero-order valence-corrected chi connectivity index (χ0v) is 9.27. The molecule has 0 spiro atoms. The summed E-state index contributed by atoms with van der Waals surface area (Å²) in [6.45, 7) is 1.83. The molecule has 0 amide bonds. The Balaban J connectivity index is 2.20. The first-order valence-electron chi connectivity index (χ1n) is 5.12. The minimum Gasteiger partial charge on any atom is -0.299 e. The van der Waals surface area contributed by atoms with Crippen LogP contribution >= 0.6 is 0 Å². The maximum Gasteiger partial charge on any atom is 0.199 e. The van der Waals surface area contributed by atoms with Gasteiger partial charge in [0.2, 0.25) is 0 Å². The van der Waals surface area contributed by atoms with Crippen molar-refractivity contribution in [2.75, 3.05) is 0 Å². The average Bonchev–Trinajstić information content (AvgIpc) is 2.86. The van der Waals surface area contributed by atoms with Crippen molar-refractivity contribution in [3.63, 3.8) is 0 Å². The number of nitrogens with one attached hydrogen (secondary N) is 1. The molecule has 0 unspecified atom stereocenters. The van der Waals surface area contributed by atoms with Crippen molar-refractivity contribution in [3.05, 3.63) is 18.1 Å². The molecule has 0 aromatic carbocycles. The van der Waals surface area contributed by atoms with Gasteiger partial charge in [-0.15, -0.1) is 0 Å². The first-order valence-corrected chi connectivity index (χ1v) is 5.12. The van der Waals surface area contributed by atoms with Gasteiger partial charge in [-0.3, -0.25) is 14.6 Å². The lowest BCUT2D eigenvalue weighted by molar-refractivity contribution is -0.118. The van der Waals surface area contributed by atoms with E-state index < -0.39 is 0 Å². The van der Waals surface area contributed by atoms with E-state index in [1.165, 1.54) is 0 Å². The molecule has 84 valence electrons. The smallest absolute Gasteiger partial charge is 0.199 e. The molecule has 0 atom stereocenters. The highest BCUT2D eigenvalue weighted by Crippen LogP contribution is 2.12. The van der Waals surface area contributed by atoms with Gasteiger partial charge in [-0.1, -0.05) is 6.92 Å². The lowest BCUT2D eigenvalue weighted by Crippen LogP contribution is -2.02. The summed E-state index contributed by atoms with van der Waals surface area (Å²) >= 11 is 0. The second-order valence-corrected chi connectivity index (χ2v) is 3.51. The summed E-state index contributed by atoms with van der Waals surface area (Å²) < 4.78 is 1.69. The highest BCUT2D eigenvalue weighted by Gasteiger charge is 2.10. The normalized spacial score (nSPS) is 10.6. The average molecular weight is 219 g/mol. The van der Waals surface area contributed by atoms with Crippen molar-refractivity contribution in [2.45, 2.75) is 19.8 Å². The highest BCUT2D eigenvalue weighted by molar-refractivity contribution is 5.79. The zero-order valence-electron chi connectivity index (χ0n) is 9.27. The summed E-state index contributed by atoms with van der Waals surface area (Å²) in [6, 6.07) is 1.83. The van der Waals surface area contributed by atoms with Gasteiger partial charge in [0, 0.05) is 19.7 Å². The van der Waals surface area contributed by atoms with Gasteiger partial charge in [0.1, 0.15) is 17.3 Å². The largest absolute Gasteiger partial charge is 0.299 e. The van der Waals surface area contributed by atoms with Crippen LogP contribution in [0.15, 0.2) is 12.3 Å². The fourth-order valence-corrected chi connectivity index (χ4v) is 1.39. The van der Waals surface area contributed by atoms with E-state index >= 15 is 0 Å². The SMILES string of the molecule is CCC(=O)Cc1nc(-c2ccnn2C)n[nH]1. The van der Waals surface area contributed by atoms with Gasteiger partial charge in [0.15, 0.2) is 5.82 Å². The van der Waals surface area contributed by atoms with Crippen LogP contribution in [0.2, 0.25) is 0 Å². The van der Waals surface area contributed by atoms with Gasteiger partial charge in [0.05, 0.1) is 6.42 Å². The van der Waals surface area contributed by atoms with Crippen LogP contribution in [-0.4, -0.2) is 30.7 Å². The number of aryl methyl sites for hydroxylation is 1. The van der Waals surface area contributed by atoms with Crippen molar-refractivity contribution in [1.82, 2.24) is 25.0 Å². The summed E-state index contributed by atoms with van der Waals surface area (Å²) in [6.07, 6.45) is 2.51. The van der Waals surface area contributed by atoms with E-state index in [-0.39, 0.29) is 5.78 Å². The Bertz CT molecular complexity index is 499. The number of carbonyl (C=O) groups is 1. The lowest BCUT2D eigenvalue weighted by Gasteiger charge is -1.94. The van der Waals surface area contributed by atoms with Crippen LogP contribution in [0.25, 0.3) is 11.5 Å². The first-order chi connectivity index (χ1) is 7.70. The van der Waals surface area contributed by atoms with E-state index in [0.29, 0.717) is 24.5 Å². The number of H-pyrrole nitrogens is 1. The van der Waals surface area contributed by atoms with Crippen molar-refractivity contribution >= 4 is 5.78 Å². The minimum atomic E-state index is 0.146. The number of Topliss-reactive ketones (excluding diaryl/α,β-unsaturated/α-hetero) is 1. The Labute approximate surface area is 92.7 Å². The van der Waals surface area contributed by atoms with Crippen molar-refractivity contribution < 1.29 is 4.79 Å². The van der Waals surface area contributed by atoms with Crippen LogP contribution in [0, 0.1) is 0 Å². The van der Waals surface area contributed by atoms with Crippen LogP contribution in [-0.2, 0) is 18.3 Å². The number of rotatable bonds is 4. The van der Waals surface area contributed by atoms with Gasteiger partial charge in [-0.2, -0.15) is 10.2 Å². The van der Waals surface area contributed by atoms with Crippen LogP contribution in [0.5, 0.6) is 0 Å². The number of nitrogens with zero attached hydrogens (tertiary/aromatic N) is 4. The number of ketones is 1. The molecule has 2 aromatic rings. The fourth-order valence-electron chi connectivity index (χ4n) is 1.39. The Morgan fingerprint density at radius 3 is 3.00 bits per heavy atom. The maximum absolute atomic E-state index is 11.2. The molecule has 2 aromatic heterocycles. The topological polar surface area (TPSA) is 76.5 Å². The monoisotopic (exact) mass is 219 g/mol. The molecule has 0 aliphatic rings. The van der Waals surface area contributed by atoms with Gasteiger partial charge in [-0.25, -0.2) is 4.98 Å². The molecule has 2 rings (SSSR count). The zero-order chi connectivity index (χ0) is 11.5. The second kappa shape index (κ2) is 4.26. The van der Waals surface area contributed by atoms with Gasteiger partial charge in [-0.05, 0) is 6.07 Å². The molecule has 0 aliphatic carbocycles. The van der Waals surface area contributed by atoms with Gasteiger partial charge >= 0.3 is 0 Å². The molecule has 0 bridgehead atoms. The standard InChI is InChI=1S/C10H13N5O/c1-3-7(16)6-9-12-10(14-13-9)8-4-5-11-15(8)2/h4-5H,3,6H2,1-2H3,(H,12,13,14). The van der Waals surface area contributed by atoms with Crippen molar-refractivity contribution in [1.29, 1.82) is 0 Å². The third kappa shape index (κ3) is 2.00. The third-order valence-electron chi connectivity index (χ3n) is 2.34. The summed E-state index contributed by atoms with van der Waals surface area (Å²) in [7, 11) is 1.82. The van der Waals surface area contributed by atoms with Gasteiger partial charge in [0.25, 0.3) is 0 Å². The maximum atomic E-state index is 11.2. The van der Waals surface area contributed by atoms with Crippen LogP contribution in [0.1, 0.15) is 19.2 Å². The molecular weight excluding hydrogens is 206 g/mol.